The van der Waals surface area contributed by atoms with Crippen LogP contribution in [0.2, 0.25) is 0 Å². The molecule has 6 nitrogen and oxygen atoms in total. The van der Waals surface area contributed by atoms with Gasteiger partial charge in [0.15, 0.2) is 0 Å². The molecule has 6 heteroatoms. The molecule has 0 bridgehead atoms. The normalized spacial score (nSPS) is 17.7. The molecule has 2 amide bonds. The Morgan fingerprint density at radius 1 is 1.43 bits per heavy atom. The standard InChI is InChI=1S/C15H22N2O4/c1-9-7-12(11(3)21-9)10(2)16-14(20)17-15(5-4-6-15)8-13(18)19/h7,10H,4-6,8H2,1-3H3,(H,18,19)(H2,16,17,20). The van der Waals surface area contributed by atoms with Gasteiger partial charge in [-0.05, 0) is 46.1 Å². The van der Waals surface area contributed by atoms with Gasteiger partial charge >= 0.3 is 12.0 Å². The maximum Gasteiger partial charge on any atom is 0.315 e. The summed E-state index contributed by atoms with van der Waals surface area (Å²) in [4.78, 5) is 23.0. The van der Waals surface area contributed by atoms with Crippen LogP contribution in [0.15, 0.2) is 10.5 Å². The van der Waals surface area contributed by atoms with Gasteiger partial charge in [0.1, 0.15) is 11.5 Å². The second kappa shape index (κ2) is 5.79. The lowest BCUT2D eigenvalue weighted by atomic mass is 9.74. The molecule has 1 saturated carbocycles. The molecule has 116 valence electrons. The van der Waals surface area contributed by atoms with Crippen LogP contribution in [0.4, 0.5) is 4.79 Å². The lowest BCUT2D eigenvalue weighted by molar-refractivity contribution is -0.139. The first-order chi connectivity index (χ1) is 9.81. The molecule has 3 N–H and O–H groups in total. The largest absolute Gasteiger partial charge is 0.481 e. The number of carbonyl (C=O) groups excluding carboxylic acids is 1. The highest BCUT2D eigenvalue weighted by Gasteiger charge is 2.40. The molecule has 0 aromatic carbocycles. The molecule has 0 spiro atoms. The van der Waals surface area contributed by atoms with E-state index in [4.69, 9.17) is 9.52 Å². The van der Waals surface area contributed by atoms with Crippen molar-refractivity contribution in [3.8, 4) is 0 Å². The van der Waals surface area contributed by atoms with Crippen molar-refractivity contribution in [3.05, 3.63) is 23.2 Å². The van der Waals surface area contributed by atoms with Gasteiger partial charge in [-0.3, -0.25) is 4.79 Å². The summed E-state index contributed by atoms with van der Waals surface area (Å²) in [6.45, 7) is 5.59. The van der Waals surface area contributed by atoms with E-state index in [0.717, 1.165) is 23.5 Å². The summed E-state index contributed by atoms with van der Waals surface area (Å²) >= 11 is 0. The van der Waals surface area contributed by atoms with Crippen molar-refractivity contribution < 1.29 is 19.1 Å². The number of aryl methyl sites for hydroxylation is 2. The van der Waals surface area contributed by atoms with Crippen LogP contribution in [-0.2, 0) is 4.79 Å². The lowest BCUT2D eigenvalue weighted by Crippen LogP contribution is -2.57. The molecule has 1 heterocycles. The van der Waals surface area contributed by atoms with Gasteiger partial charge in [-0.2, -0.15) is 0 Å². The van der Waals surface area contributed by atoms with E-state index < -0.39 is 11.5 Å². The van der Waals surface area contributed by atoms with E-state index in [1.165, 1.54) is 0 Å². The third kappa shape index (κ3) is 3.56. The van der Waals surface area contributed by atoms with E-state index in [1.54, 1.807) is 0 Å². The van der Waals surface area contributed by atoms with Gasteiger partial charge in [-0.25, -0.2) is 4.79 Å². The summed E-state index contributed by atoms with van der Waals surface area (Å²) in [6, 6.07) is 1.38. The van der Waals surface area contributed by atoms with Gasteiger partial charge in [0.25, 0.3) is 0 Å². The molecule has 0 saturated heterocycles. The Kier molecular flexibility index (Phi) is 4.25. The maximum absolute atomic E-state index is 12.1. The van der Waals surface area contributed by atoms with Crippen LogP contribution in [0.25, 0.3) is 0 Å². The zero-order chi connectivity index (χ0) is 15.6. The summed E-state index contributed by atoms with van der Waals surface area (Å²) in [6.07, 6.45) is 2.34. The van der Waals surface area contributed by atoms with Crippen molar-refractivity contribution in [2.24, 2.45) is 0 Å². The molecular formula is C15H22N2O4. The Balaban J connectivity index is 1.95. The van der Waals surface area contributed by atoms with Gasteiger partial charge < -0.3 is 20.2 Å². The first-order valence-corrected chi connectivity index (χ1v) is 7.19. The third-order valence-electron chi connectivity index (χ3n) is 4.07. The van der Waals surface area contributed by atoms with Crippen LogP contribution in [0.3, 0.4) is 0 Å². The molecular weight excluding hydrogens is 272 g/mol. The van der Waals surface area contributed by atoms with Crippen molar-refractivity contribution in [2.75, 3.05) is 0 Å². The van der Waals surface area contributed by atoms with E-state index in [-0.39, 0.29) is 18.5 Å². The number of hydrogen-bond acceptors (Lipinski definition) is 3. The smallest absolute Gasteiger partial charge is 0.315 e. The minimum atomic E-state index is -0.885. The monoisotopic (exact) mass is 294 g/mol. The average molecular weight is 294 g/mol. The summed E-state index contributed by atoms with van der Waals surface area (Å²) in [7, 11) is 0. The molecule has 2 rings (SSSR count). The fraction of sp³-hybridized carbons (Fsp3) is 0.600. The molecule has 1 aliphatic rings. The second-order valence-corrected chi connectivity index (χ2v) is 5.89. The topological polar surface area (TPSA) is 91.6 Å². The number of hydrogen-bond donors (Lipinski definition) is 3. The third-order valence-corrected chi connectivity index (χ3v) is 4.07. The molecule has 1 fully saturated rings. The average Bonchev–Trinajstić information content (AvgIpc) is 2.64. The predicted octanol–water partition coefficient (Wildman–Crippen LogP) is 2.65. The van der Waals surface area contributed by atoms with Gasteiger partial charge in [0.05, 0.1) is 18.0 Å². The Morgan fingerprint density at radius 2 is 2.10 bits per heavy atom. The number of amides is 2. The summed E-state index contributed by atoms with van der Waals surface area (Å²) in [5, 5.41) is 14.6. The highest BCUT2D eigenvalue weighted by atomic mass is 16.4. The number of carboxylic acid groups (broad SMARTS) is 1. The highest BCUT2D eigenvalue weighted by Crippen LogP contribution is 2.35. The number of urea groups is 1. The van der Waals surface area contributed by atoms with Crippen molar-refractivity contribution in [3.63, 3.8) is 0 Å². The molecule has 1 aromatic rings. The zero-order valence-electron chi connectivity index (χ0n) is 12.7. The SMILES string of the molecule is Cc1cc(C(C)NC(=O)NC2(CC(=O)O)CCC2)c(C)o1. The molecule has 21 heavy (non-hydrogen) atoms. The van der Waals surface area contributed by atoms with Crippen molar-refractivity contribution in [2.45, 2.75) is 58.0 Å². The molecule has 1 aromatic heterocycles. The summed E-state index contributed by atoms with van der Waals surface area (Å²) < 4.78 is 5.45. The number of rotatable bonds is 5. The van der Waals surface area contributed by atoms with Gasteiger partial charge in [0.2, 0.25) is 0 Å². The van der Waals surface area contributed by atoms with Crippen LogP contribution in [0.5, 0.6) is 0 Å². The Bertz CT molecular complexity index is 546. The molecule has 1 atom stereocenters. The summed E-state index contributed by atoms with van der Waals surface area (Å²) in [5.41, 5.74) is 0.348. The van der Waals surface area contributed by atoms with Gasteiger partial charge in [0, 0.05) is 5.56 Å². The Morgan fingerprint density at radius 3 is 2.52 bits per heavy atom. The molecule has 1 aliphatic carbocycles. The maximum atomic E-state index is 12.1. The Labute approximate surface area is 123 Å². The molecule has 0 aliphatic heterocycles. The highest BCUT2D eigenvalue weighted by molar-refractivity contribution is 5.77. The first kappa shape index (κ1) is 15.4. The van der Waals surface area contributed by atoms with Crippen molar-refractivity contribution >= 4 is 12.0 Å². The fourth-order valence-corrected chi connectivity index (χ4v) is 2.87. The molecule has 0 radical (unpaired) electrons. The minimum Gasteiger partial charge on any atom is -0.481 e. The van der Waals surface area contributed by atoms with Crippen LogP contribution in [-0.4, -0.2) is 22.6 Å². The van der Waals surface area contributed by atoms with Crippen LogP contribution in [0, 0.1) is 13.8 Å². The molecule has 1 unspecified atom stereocenters. The number of furan rings is 1. The number of carboxylic acids is 1. The van der Waals surface area contributed by atoms with E-state index >= 15 is 0 Å². The second-order valence-electron chi connectivity index (χ2n) is 5.89. The Hall–Kier alpha value is -1.98. The van der Waals surface area contributed by atoms with Crippen molar-refractivity contribution in [1.29, 1.82) is 0 Å². The van der Waals surface area contributed by atoms with Gasteiger partial charge in [-0.15, -0.1) is 0 Å². The minimum absolute atomic E-state index is 0.0291. The lowest BCUT2D eigenvalue weighted by Gasteiger charge is -2.41. The van der Waals surface area contributed by atoms with Crippen LogP contribution >= 0.6 is 0 Å². The fourth-order valence-electron chi connectivity index (χ4n) is 2.87. The van der Waals surface area contributed by atoms with E-state index in [1.807, 2.05) is 26.8 Å². The quantitative estimate of drug-likeness (QED) is 0.778. The van der Waals surface area contributed by atoms with Gasteiger partial charge in [-0.1, -0.05) is 0 Å². The predicted molar refractivity (Wildman–Crippen MR) is 77.1 cm³/mol. The number of aliphatic carboxylic acids is 1. The number of carbonyl (C=O) groups is 2. The van der Waals surface area contributed by atoms with Crippen LogP contribution < -0.4 is 10.6 Å². The number of nitrogens with one attached hydrogen (secondary N) is 2. The first-order valence-electron chi connectivity index (χ1n) is 7.19. The van der Waals surface area contributed by atoms with Crippen LogP contribution in [0.1, 0.15) is 55.7 Å². The van der Waals surface area contributed by atoms with Crippen molar-refractivity contribution in [1.82, 2.24) is 10.6 Å². The van der Waals surface area contributed by atoms with E-state index in [0.29, 0.717) is 12.8 Å². The summed E-state index contributed by atoms with van der Waals surface area (Å²) in [5.74, 6) is 0.700. The van der Waals surface area contributed by atoms with E-state index in [9.17, 15) is 9.59 Å². The van der Waals surface area contributed by atoms with E-state index in [2.05, 4.69) is 10.6 Å². The zero-order valence-corrected chi connectivity index (χ0v) is 12.7.